The van der Waals surface area contributed by atoms with Crippen LogP contribution in [0.1, 0.15) is 5.56 Å². The number of aryl methyl sites for hydroxylation is 1. The smallest absolute Gasteiger partial charge is 0.256 e. The van der Waals surface area contributed by atoms with Crippen LogP contribution in [0.25, 0.3) is 27.9 Å². The molecule has 0 aliphatic heterocycles. The van der Waals surface area contributed by atoms with E-state index in [1.54, 1.807) is 0 Å². The number of benzene rings is 1. The maximum atomic E-state index is 4.47. The minimum absolute atomic E-state index is 0.901. The number of aromatic nitrogens is 4. The van der Waals surface area contributed by atoms with Crippen molar-refractivity contribution in [3.8, 4) is 11.4 Å². The fraction of sp³-hybridized carbons (Fsp3) is 0.0625. The zero-order valence-corrected chi connectivity index (χ0v) is 11.0. The molecule has 0 atom stereocenters. The van der Waals surface area contributed by atoms with Crippen molar-refractivity contribution in [3.63, 3.8) is 0 Å². The van der Waals surface area contributed by atoms with Crippen LogP contribution in [-0.4, -0.2) is 15.2 Å². The van der Waals surface area contributed by atoms with E-state index in [1.165, 1.54) is 5.56 Å². The van der Waals surface area contributed by atoms with Crippen LogP contribution >= 0.6 is 0 Å². The summed E-state index contributed by atoms with van der Waals surface area (Å²) in [6.07, 6.45) is 3.87. The van der Waals surface area contributed by atoms with Gasteiger partial charge in [0.2, 0.25) is 0 Å². The van der Waals surface area contributed by atoms with Crippen molar-refractivity contribution >= 4 is 16.6 Å². The summed E-state index contributed by atoms with van der Waals surface area (Å²) in [6, 6.07) is 14.3. The molecule has 0 aliphatic rings. The summed E-state index contributed by atoms with van der Waals surface area (Å²) < 4.78 is 2.06. The molecule has 4 nitrogen and oxygen atoms in total. The number of nitrogens with one attached hydrogen (secondary N) is 1. The zero-order chi connectivity index (χ0) is 13.5. The molecule has 96 valence electrons. The van der Waals surface area contributed by atoms with Crippen molar-refractivity contribution in [2.75, 3.05) is 0 Å². The highest BCUT2D eigenvalue weighted by Crippen LogP contribution is 2.23. The molecule has 0 spiro atoms. The highest BCUT2D eigenvalue weighted by atomic mass is 15.2. The van der Waals surface area contributed by atoms with Crippen molar-refractivity contribution in [1.29, 1.82) is 0 Å². The van der Waals surface area contributed by atoms with Gasteiger partial charge < -0.3 is 0 Å². The van der Waals surface area contributed by atoms with E-state index in [0.29, 0.717) is 0 Å². The minimum Gasteiger partial charge on any atom is -0.256 e. The normalized spacial score (nSPS) is 11.2. The van der Waals surface area contributed by atoms with Crippen LogP contribution in [-0.2, 0) is 0 Å². The van der Waals surface area contributed by atoms with Crippen LogP contribution in [0.2, 0.25) is 0 Å². The van der Waals surface area contributed by atoms with Gasteiger partial charge in [-0.15, -0.1) is 5.10 Å². The molecule has 1 aromatic carbocycles. The molecule has 0 amide bonds. The lowest BCUT2D eigenvalue weighted by Crippen LogP contribution is -2.21. The lowest BCUT2D eigenvalue weighted by Gasteiger charge is -2.00. The van der Waals surface area contributed by atoms with Gasteiger partial charge in [-0.1, -0.05) is 18.2 Å². The van der Waals surface area contributed by atoms with E-state index < -0.39 is 0 Å². The molecule has 0 aliphatic carbocycles. The Morgan fingerprint density at radius 2 is 2.00 bits per heavy atom. The predicted octanol–water partition coefficient (Wildman–Crippen LogP) is 2.67. The molecule has 0 unspecified atom stereocenters. The highest BCUT2D eigenvalue weighted by Gasteiger charge is 2.18. The third-order valence-corrected chi connectivity index (χ3v) is 3.50. The lowest BCUT2D eigenvalue weighted by molar-refractivity contribution is -0.499. The van der Waals surface area contributed by atoms with Crippen molar-refractivity contribution in [1.82, 2.24) is 15.2 Å². The van der Waals surface area contributed by atoms with Crippen LogP contribution < -0.4 is 4.40 Å². The Hall–Kier alpha value is -2.75. The van der Waals surface area contributed by atoms with E-state index in [2.05, 4.69) is 44.7 Å². The van der Waals surface area contributed by atoms with Crippen LogP contribution in [0, 0.1) is 6.92 Å². The third-order valence-electron chi connectivity index (χ3n) is 3.50. The molecule has 0 saturated carbocycles. The van der Waals surface area contributed by atoms with E-state index >= 15 is 0 Å². The van der Waals surface area contributed by atoms with Gasteiger partial charge in [0, 0.05) is 22.7 Å². The number of nitrogens with zero attached hydrogens (tertiary/aromatic N) is 3. The topological polar surface area (TPSA) is 45.7 Å². The molecular weight excluding hydrogens is 248 g/mol. The third kappa shape index (κ3) is 1.58. The predicted molar refractivity (Wildman–Crippen MR) is 77.2 cm³/mol. The first-order valence-electron chi connectivity index (χ1n) is 6.53. The Bertz CT molecular complexity index is 919. The molecule has 1 N–H and O–H groups in total. The summed E-state index contributed by atoms with van der Waals surface area (Å²) in [6.45, 7) is 2.07. The molecule has 0 bridgehead atoms. The van der Waals surface area contributed by atoms with Gasteiger partial charge >= 0.3 is 5.82 Å². The number of hydrogen-bond donors (Lipinski definition) is 1. The van der Waals surface area contributed by atoms with Crippen molar-refractivity contribution in [2.45, 2.75) is 6.92 Å². The summed E-state index contributed by atoms with van der Waals surface area (Å²) in [5, 5.41) is 8.66. The van der Waals surface area contributed by atoms with Gasteiger partial charge in [0.1, 0.15) is 0 Å². The molecule has 0 saturated heterocycles. The zero-order valence-electron chi connectivity index (χ0n) is 11.0. The van der Waals surface area contributed by atoms with Gasteiger partial charge in [0.05, 0.1) is 17.3 Å². The summed E-state index contributed by atoms with van der Waals surface area (Å²) >= 11 is 0. The number of pyridine rings is 2. The first kappa shape index (κ1) is 11.1. The number of hydrogen-bond acceptors (Lipinski definition) is 2. The number of para-hydroxylation sites is 1. The van der Waals surface area contributed by atoms with Gasteiger partial charge in [-0.2, -0.15) is 4.40 Å². The average Bonchev–Trinajstić information content (AvgIpc) is 2.89. The Kier molecular flexibility index (Phi) is 2.29. The second-order valence-corrected chi connectivity index (χ2v) is 4.88. The number of fused-ring (bicyclic) bond motifs is 2. The van der Waals surface area contributed by atoms with Crippen LogP contribution in [0.3, 0.4) is 0 Å². The van der Waals surface area contributed by atoms with E-state index in [-0.39, 0.29) is 0 Å². The first-order chi connectivity index (χ1) is 9.83. The number of H-pyrrole nitrogens is 1. The summed E-state index contributed by atoms with van der Waals surface area (Å²) in [5.74, 6) is 0.901. The van der Waals surface area contributed by atoms with E-state index in [1.807, 2.05) is 36.7 Å². The quantitative estimate of drug-likeness (QED) is 0.535. The van der Waals surface area contributed by atoms with Crippen molar-refractivity contribution in [2.24, 2.45) is 0 Å². The number of aromatic amines is 1. The maximum Gasteiger partial charge on any atom is 0.314 e. The van der Waals surface area contributed by atoms with Gasteiger partial charge in [0.25, 0.3) is 5.65 Å². The van der Waals surface area contributed by atoms with Gasteiger partial charge in [0.15, 0.2) is 0 Å². The molecule has 3 heterocycles. The highest BCUT2D eigenvalue weighted by molar-refractivity contribution is 5.91. The standard InChI is InChI=1S/C16H12N4/c1-11-7-9-20-15(10-11)18-19-16(20)13-6-8-17-14-5-3-2-4-12(13)14/h2-10H,1H3/p+1. The summed E-state index contributed by atoms with van der Waals surface area (Å²) in [5.41, 5.74) is 4.25. The Morgan fingerprint density at radius 1 is 1.10 bits per heavy atom. The van der Waals surface area contributed by atoms with Crippen LogP contribution in [0.15, 0.2) is 54.9 Å². The Morgan fingerprint density at radius 3 is 2.95 bits per heavy atom. The van der Waals surface area contributed by atoms with Crippen molar-refractivity contribution in [3.05, 3.63) is 60.4 Å². The van der Waals surface area contributed by atoms with Gasteiger partial charge in [-0.05, 0) is 30.7 Å². The first-order valence-corrected chi connectivity index (χ1v) is 6.53. The Labute approximate surface area is 115 Å². The summed E-state index contributed by atoms with van der Waals surface area (Å²) in [7, 11) is 0. The molecule has 4 heteroatoms. The molecule has 0 fully saturated rings. The van der Waals surface area contributed by atoms with E-state index in [9.17, 15) is 0 Å². The average molecular weight is 261 g/mol. The maximum absolute atomic E-state index is 4.47. The fourth-order valence-corrected chi connectivity index (χ4v) is 2.52. The second-order valence-electron chi connectivity index (χ2n) is 4.88. The molecule has 20 heavy (non-hydrogen) atoms. The van der Waals surface area contributed by atoms with Gasteiger partial charge in [-0.3, -0.25) is 4.98 Å². The monoisotopic (exact) mass is 261 g/mol. The SMILES string of the molecule is Cc1cc[n+]2c(-c3ccnc4ccccc34)n[nH]c2c1. The van der Waals surface area contributed by atoms with Crippen molar-refractivity contribution < 1.29 is 4.40 Å². The molecule has 4 aromatic rings. The van der Waals surface area contributed by atoms with Crippen LogP contribution in [0.5, 0.6) is 0 Å². The van der Waals surface area contributed by atoms with Gasteiger partial charge in [-0.25, -0.2) is 0 Å². The lowest BCUT2D eigenvalue weighted by atomic mass is 10.1. The molecular formula is C16H13N4+. The summed E-state index contributed by atoms with van der Waals surface area (Å²) in [4.78, 5) is 4.40. The van der Waals surface area contributed by atoms with E-state index in [0.717, 1.165) is 27.9 Å². The second kappa shape index (κ2) is 4.13. The largest absolute Gasteiger partial charge is 0.314 e. The molecule has 4 rings (SSSR count). The fourth-order valence-electron chi connectivity index (χ4n) is 2.52. The van der Waals surface area contributed by atoms with Crippen LogP contribution in [0.4, 0.5) is 0 Å². The minimum atomic E-state index is 0.901. The molecule has 3 aromatic heterocycles. The Balaban J connectivity index is 2.06. The number of rotatable bonds is 1. The van der Waals surface area contributed by atoms with E-state index in [4.69, 9.17) is 0 Å². The molecule has 0 radical (unpaired) electrons.